The van der Waals surface area contributed by atoms with Crippen molar-refractivity contribution in [3.05, 3.63) is 59.7 Å². The molecule has 1 unspecified atom stereocenters. The molecule has 0 bridgehead atoms. The van der Waals surface area contributed by atoms with Crippen molar-refractivity contribution >= 4 is 17.5 Å². The fourth-order valence-electron chi connectivity index (χ4n) is 3.53. The van der Waals surface area contributed by atoms with E-state index in [0.29, 0.717) is 18.6 Å². The van der Waals surface area contributed by atoms with Gasteiger partial charge in [0.1, 0.15) is 18.0 Å². The van der Waals surface area contributed by atoms with Crippen LogP contribution in [0.25, 0.3) is 0 Å². The van der Waals surface area contributed by atoms with Gasteiger partial charge in [-0.3, -0.25) is 9.59 Å². The predicted octanol–water partition coefficient (Wildman–Crippen LogP) is 3.25. The number of nitrogens with zero attached hydrogens (tertiary/aromatic N) is 3. The third kappa shape index (κ3) is 4.45. The summed E-state index contributed by atoms with van der Waals surface area (Å²) >= 11 is 0. The van der Waals surface area contributed by atoms with Gasteiger partial charge in [0, 0.05) is 31.0 Å². The number of hydrazone groups is 1. The molecule has 1 aliphatic rings. The fourth-order valence-corrected chi connectivity index (χ4v) is 3.53. The smallest absolute Gasteiger partial charge is 0.262 e. The minimum absolute atomic E-state index is 0.0345. The lowest BCUT2D eigenvalue weighted by Crippen LogP contribution is -2.39. The second kappa shape index (κ2) is 9.43. The number of carbonyl (C=O) groups excluding carboxylic acids is 2. The maximum Gasteiger partial charge on any atom is 0.262 e. The lowest BCUT2D eigenvalue weighted by atomic mass is 9.97. The zero-order chi connectivity index (χ0) is 21.7. The lowest BCUT2D eigenvalue weighted by Gasteiger charge is -2.25. The van der Waals surface area contributed by atoms with Gasteiger partial charge in [0.05, 0.1) is 26.0 Å². The summed E-state index contributed by atoms with van der Waals surface area (Å²) in [6, 6.07) is 14.9. The van der Waals surface area contributed by atoms with E-state index >= 15 is 0 Å². The summed E-state index contributed by atoms with van der Waals surface area (Å²) in [5.74, 6) is 1.09. The van der Waals surface area contributed by atoms with Crippen molar-refractivity contribution in [2.75, 3.05) is 27.8 Å². The molecule has 0 N–H and O–H groups in total. The molecule has 0 aromatic heterocycles. The van der Waals surface area contributed by atoms with Crippen LogP contribution in [0.5, 0.6) is 11.5 Å². The molecule has 7 heteroatoms. The van der Waals surface area contributed by atoms with E-state index < -0.39 is 0 Å². The average molecular weight is 409 g/mol. The topological polar surface area (TPSA) is 71.4 Å². The summed E-state index contributed by atoms with van der Waals surface area (Å²) in [4.78, 5) is 26.5. The fraction of sp³-hybridized carbons (Fsp3) is 0.348. The second-order valence-corrected chi connectivity index (χ2v) is 7.08. The third-order valence-corrected chi connectivity index (χ3v) is 5.17. The van der Waals surface area contributed by atoms with Gasteiger partial charge >= 0.3 is 0 Å². The number of likely N-dealkylation sites (N-methyl/N-ethyl adjacent to an activating group) is 1. The highest BCUT2D eigenvalue weighted by Crippen LogP contribution is 2.37. The summed E-state index contributed by atoms with van der Waals surface area (Å²) in [6.07, 6.45) is 0.878. The molecule has 30 heavy (non-hydrogen) atoms. The Morgan fingerprint density at radius 3 is 2.60 bits per heavy atom. The van der Waals surface area contributed by atoms with Gasteiger partial charge in [-0.15, -0.1) is 0 Å². The molecule has 0 spiro atoms. The largest absolute Gasteiger partial charge is 0.497 e. The molecule has 2 amide bonds. The zero-order valence-corrected chi connectivity index (χ0v) is 17.8. The Hall–Kier alpha value is -3.35. The molecular formula is C23H27N3O4. The molecule has 3 rings (SSSR count). The van der Waals surface area contributed by atoms with Gasteiger partial charge in [-0.2, -0.15) is 5.10 Å². The van der Waals surface area contributed by atoms with Gasteiger partial charge < -0.3 is 14.4 Å². The quantitative estimate of drug-likeness (QED) is 0.704. The highest BCUT2D eigenvalue weighted by molar-refractivity contribution is 6.03. The van der Waals surface area contributed by atoms with Crippen LogP contribution in [-0.2, 0) is 9.59 Å². The maximum atomic E-state index is 13.1. The Morgan fingerprint density at radius 2 is 1.90 bits per heavy atom. The molecule has 1 atom stereocenters. The van der Waals surface area contributed by atoms with E-state index in [4.69, 9.17) is 9.47 Å². The number of hydrogen-bond acceptors (Lipinski definition) is 5. The van der Waals surface area contributed by atoms with Crippen LogP contribution in [0, 0.1) is 0 Å². The molecule has 0 fully saturated rings. The van der Waals surface area contributed by atoms with Crippen molar-refractivity contribution in [1.29, 1.82) is 0 Å². The van der Waals surface area contributed by atoms with Gasteiger partial charge in [0.15, 0.2) is 0 Å². The summed E-state index contributed by atoms with van der Waals surface area (Å²) in [7, 11) is 4.85. The average Bonchev–Trinajstić information content (AvgIpc) is 3.24. The molecule has 7 nitrogen and oxygen atoms in total. The highest BCUT2D eigenvalue weighted by atomic mass is 16.5. The van der Waals surface area contributed by atoms with Gasteiger partial charge in [-0.05, 0) is 18.2 Å². The number of methoxy groups -OCH3 is 2. The molecule has 2 aromatic carbocycles. The maximum absolute atomic E-state index is 13.1. The van der Waals surface area contributed by atoms with Gasteiger partial charge in [0.2, 0.25) is 5.91 Å². The zero-order valence-electron chi connectivity index (χ0n) is 17.8. The summed E-state index contributed by atoms with van der Waals surface area (Å²) in [6.45, 7) is 1.74. The van der Waals surface area contributed by atoms with Crippen LogP contribution < -0.4 is 9.47 Å². The van der Waals surface area contributed by atoms with E-state index in [0.717, 1.165) is 22.6 Å². The molecule has 2 aromatic rings. The number of ether oxygens (including phenoxy) is 2. The second-order valence-electron chi connectivity index (χ2n) is 7.08. The summed E-state index contributed by atoms with van der Waals surface area (Å²) in [5.41, 5.74) is 2.55. The predicted molar refractivity (Wildman–Crippen MR) is 115 cm³/mol. The van der Waals surface area contributed by atoms with Gasteiger partial charge in [-0.1, -0.05) is 37.3 Å². The first-order valence-corrected chi connectivity index (χ1v) is 9.89. The van der Waals surface area contributed by atoms with Crippen LogP contribution in [0.2, 0.25) is 0 Å². The minimum atomic E-state index is -0.319. The number of para-hydroxylation sites is 1. The van der Waals surface area contributed by atoms with Crippen molar-refractivity contribution in [1.82, 2.24) is 9.91 Å². The highest BCUT2D eigenvalue weighted by Gasteiger charge is 2.35. The number of carbonyl (C=O) groups is 2. The Bertz CT molecular complexity index is 957. The normalized spacial score (nSPS) is 15.5. The van der Waals surface area contributed by atoms with Crippen molar-refractivity contribution in [2.24, 2.45) is 5.10 Å². The van der Waals surface area contributed by atoms with Crippen molar-refractivity contribution < 1.29 is 19.1 Å². The molecule has 1 aliphatic heterocycles. The third-order valence-electron chi connectivity index (χ3n) is 5.17. The van der Waals surface area contributed by atoms with Crippen LogP contribution in [0.3, 0.4) is 0 Å². The Balaban J connectivity index is 1.96. The van der Waals surface area contributed by atoms with E-state index in [1.807, 2.05) is 48.5 Å². The number of benzene rings is 2. The number of hydrogen-bond donors (Lipinski definition) is 0. The van der Waals surface area contributed by atoms with E-state index in [9.17, 15) is 9.59 Å². The molecular weight excluding hydrogens is 382 g/mol. The lowest BCUT2D eigenvalue weighted by molar-refractivity contribution is -0.140. The van der Waals surface area contributed by atoms with Crippen LogP contribution in [0.4, 0.5) is 0 Å². The van der Waals surface area contributed by atoms with E-state index in [1.165, 1.54) is 9.91 Å². The van der Waals surface area contributed by atoms with E-state index in [1.54, 1.807) is 28.2 Å². The molecule has 0 saturated heterocycles. The van der Waals surface area contributed by atoms with Crippen LogP contribution in [-0.4, -0.2) is 55.2 Å². The monoisotopic (exact) mass is 409 g/mol. The van der Waals surface area contributed by atoms with E-state index in [2.05, 4.69) is 5.10 Å². The molecule has 0 aliphatic carbocycles. The first-order chi connectivity index (χ1) is 14.5. The summed E-state index contributed by atoms with van der Waals surface area (Å²) < 4.78 is 10.9. The van der Waals surface area contributed by atoms with Crippen LogP contribution in [0.15, 0.2) is 53.6 Å². The van der Waals surface area contributed by atoms with E-state index in [-0.39, 0.29) is 24.4 Å². The summed E-state index contributed by atoms with van der Waals surface area (Å²) in [5, 5.41) is 6.13. The number of amides is 2. The van der Waals surface area contributed by atoms with Crippen LogP contribution in [0.1, 0.15) is 36.9 Å². The SMILES string of the molecule is CCC(=O)N(C)CC(=O)N1N=C(c2cccc(OC)c2)CC1c1ccccc1OC. The Kier molecular flexibility index (Phi) is 6.72. The Morgan fingerprint density at radius 1 is 1.13 bits per heavy atom. The van der Waals surface area contributed by atoms with Crippen molar-refractivity contribution in [3.8, 4) is 11.5 Å². The molecule has 0 saturated carbocycles. The standard InChI is InChI=1S/C23H27N3O4/c1-5-22(27)25(2)15-23(28)26-20(18-11-6-7-12-21(18)30-4)14-19(24-26)16-9-8-10-17(13-16)29-3/h6-13,20H,5,14-15H2,1-4H3. The minimum Gasteiger partial charge on any atom is -0.497 e. The number of rotatable bonds is 7. The van der Waals surface area contributed by atoms with Gasteiger partial charge in [0.25, 0.3) is 5.91 Å². The first-order valence-electron chi connectivity index (χ1n) is 9.89. The van der Waals surface area contributed by atoms with Gasteiger partial charge in [-0.25, -0.2) is 5.01 Å². The van der Waals surface area contributed by atoms with Crippen molar-refractivity contribution in [3.63, 3.8) is 0 Å². The first kappa shape index (κ1) is 21.4. The van der Waals surface area contributed by atoms with Crippen molar-refractivity contribution in [2.45, 2.75) is 25.8 Å². The molecule has 158 valence electrons. The van der Waals surface area contributed by atoms with Crippen LogP contribution >= 0.6 is 0 Å². The molecule has 1 heterocycles. The Labute approximate surface area is 176 Å². The molecule has 0 radical (unpaired) electrons.